The average Bonchev–Trinajstić information content (AvgIpc) is 2.40. The normalized spacial score (nSPS) is 13.7. The Morgan fingerprint density at radius 1 is 1.45 bits per heavy atom. The quantitative estimate of drug-likeness (QED) is 0.742. The predicted octanol–water partition coefficient (Wildman–Crippen LogP) is 2.03. The second kappa shape index (κ2) is 8.24. The number of hydrogen-bond donors (Lipinski definition) is 2. The largest absolute Gasteiger partial charge is 0.481 e. The van der Waals surface area contributed by atoms with Crippen LogP contribution in [0.2, 0.25) is 0 Å². The molecule has 2 N–H and O–H groups in total. The van der Waals surface area contributed by atoms with E-state index in [0.29, 0.717) is 24.5 Å². The molecule has 1 rings (SSSR count). The van der Waals surface area contributed by atoms with Gasteiger partial charge in [0.2, 0.25) is 0 Å². The lowest BCUT2D eigenvalue weighted by Crippen LogP contribution is -2.38. The van der Waals surface area contributed by atoms with Gasteiger partial charge in [-0.05, 0) is 32.0 Å². The van der Waals surface area contributed by atoms with E-state index in [4.69, 9.17) is 9.47 Å². The smallest absolute Gasteiger partial charge is 0.260 e. The van der Waals surface area contributed by atoms with Gasteiger partial charge >= 0.3 is 0 Å². The number of methoxy groups -OCH3 is 1. The SMILES string of the molecule is COCCNC(=O)C(C)Oc1ccc(Br)cc1[C@H](C)O. The summed E-state index contributed by atoms with van der Waals surface area (Å²) in [6, 6.07) is 5.30. The number of halogens is 1. The molecule has 0 spiro atoms. The molecule has 0 saturated carbocycles. The van der Waals surface area contributed by atoms with Crippen molar-refractivity contribution in [3.63, 3.8) is 0 Å². The van der Waals surface area contributed by atoms with Crippen molar-refractivity contribution in [2.75, 3.05) is 20.3 Å². The van der Waals surface area contributed by atoms with Gasteiger partial charge in [-0.25, -0.2) is 0 Å². The van der Waals surface area contributed by atoms with Crippen LogP contribution in [0.15, 0.2) is 22.7 Å². The van der Waals surface area contributed by atoms with Gasteiger partial charge in [0, 0.05) is 23.7 Å². The van der Waals surface area contributed by atoms with Gasteiger partial charge in [-0.3, -0.25) is 4.79 Å². The summed E-state index contributed by atoms with van der Waals surface area (Å²) in [5.74, 6) is 0.277. The van der Waals surface area contributed by atoms with Gasteiger partial charge < -0.3 is 19.9 Å². The third-order valence-corrected chi connectivity index (χ3v) is 3.19. The fourth-order valence-electron chi connectivity index (χ4n) is 1.62. The molecule has 20 heavy (non-hydrogen) atoms. The summed E-state index contributed by atoms with van der Waals surface area (Å²) in [7, 11) is 1.57. The molecule has 1 aromatic carbocycles. The van der Waals surface area contributed by atoms with Gasteiger partial charge in [-0.15, -0.1) is 0 Å². The number of amides is 1. The first kappa shape index (κ1) is 16.9. The molecule has 5 nitrogen and oxygen atoms in total. The number of aliphatic hydroxyl groups is 1. The third-order valence-electron chi connectivity index (χ3n) is 2.70. The monoisotopic (exact) mass is 345 g/mol. The Morgan fingerprint density at radius 3 is 2.75 bits per heavy atom. The third kappa shape index (κ3) is 5.11. The zero-order chi connectivity index (χ0) is 15.1. The highest BCUT2D eigenvalue weighted by Crippen LogP contribution is 2.29. The van der Waals surface area contributed by atoms with Gasteiger partial charge in [0.1, 0.15) is 5.75 Å². The molecule has 0 aliphatic carbocycles. The van der Waals surface area contributed by atoms with E-state index in [0.717, 1.165) is 4.47 Å². The topological polar surface area (TPSA) is 67.8 Å². The number of carbonyl (C=O) groups is 1. The van der Waals surface area contributed by atoms with Crippen LogP contribution in [0.25, 0.3) is 0 Å². The van der Waals surface area contributed by atoms with E-state index in [1.165, 1.54) is 0 Å². The lowest BCUT2D eigenvalue weighted by molar-refractivity contribution is -0.127. The minimum Gasteiger partial charge on any atom is -0.481 e. The first-order valence-corrected chi connectivity index (χ1v) is 7.15. The molecule has 112 valence electrons. The lowest BCUT2D eigenvalue weighted by atomic mass is 10.1. The van der Waals surface area contributed by atoms with E-state index >= 15 is 0 Å². The van der Waals surface area contributed by atoms with Gasteiger partial charge in [0.25, 0.3) is 5.91 Å². The van der Waals surface area contributed by atoms with Crippen LogP contribution >= 0.6 is 15.9 Å². The molecule has 0 aliphatic rings. The number of nitrogens with one attached hydrogen (secondary N) is 1. The average molecular weight is 346 g/mol. The number of aliphatic hydroxyl groups excluding tert-OH is 1. The second-order valence-electron chi connectivity index (χ2n) is 4.40. The number of benzene rings is 1. The van der Waals surface area contributed by atoms with Gasteiger partial charge in [0.05, 0.1) is 12.7 Å². The van der Waals surface area contributed by atoms with Crippen molar-refractivity contribution in [1.82, 2.24) is 5.32 Å². The second-order valence-corrected chi connectivity index (χ2v) is 5.32. The highest BCUT2D eigenvalue weighted by molar-refractivity contribution is 9.10. The minimum absolute atomic E-state index is 0.221. The number of rotatable bonds is 7. The molecule has 0 radical (unpaired) electrons. The molecule has 0 aromatic heterocycles. The summed E-state index contributed by atoms with van der Waals surface area (Å²) in [4.78, 5) is 11.8. The first-order valence-electron chi connectivity index (χ1n) is 6.36. The van der Waals surface area contributed by atoms with E-state index in [1.54, 1.807) is 39.2 Å². The van der Waals surface area contributed by atoms with Crippen LogP contribution in [0.5, 0.6) is 5.75 Å². The summed E-state index contributed by atoms with van der Waals surface area (Å²) in [5.41, 5.74) is 0.635. The summed E-state index contributed by atoms with van der Waals surface area (Å²) < 4.78 is 11.3. The summed E-state index contributed by atoms with van der Waals surface area (Å²) in [6.07, 6.45) is -1.32. The van der Waals surface area contributed by atoms with Crippen molar-refractivity contribution >= 4 is 21.8 Å². The first-order chi connectivity index (χ1) is 9.45. The van der Waals surface area contributed by atoms with E-state index in [-0.39, 0.29) is 5.91 Å². The van der Waals surface area contributed by atoms with Gasteiger partial charge in [0.15, 0.2) is 6.10 Å². The Bertz CT molecular complexity index is 451. The molecular formula is C14H20BrNO4. The fraction of sp³-hybridized carbons (Fsp3) is 0.500. The number of ether oxygens (including phenoxy) is 2. The van der Waals surface area contributed by atoms with E-state index in [1.807, 2.05) is 0 Å². The zero-order valence-corrected chi connectivity index (χ0v) is 13.4. The molecular weight excluding hydrogens is 326 g/mol. The molecule has 1 unspecified atom stereocenters. The molecule has 0 fully saturated rings. The molecule has 1 aromatic rings. The van der Waals surface area contributed by atoms with E-state index < -0.39 is 12.2 Å². The maximum Gasteiger partial charge on any atom is 0.260 e. The van der Waals surface area contributed by atoms with Crippen molar-refractivity contribution in [3.05, 3.63) is 28.2 Å². The van der Waals surface area contributed by atoms with Gasteiger partial charge in [-0.1, -0.05) is 15.9 Å². The Morgan fingerprint density at radius 2 is 2.15 bits per heavy atom. The molecule has 0 bridgehead atoms. The Labute approximate surface area is 127 Å². The van der Waals surface area contributed by atoms with Crippen LogP contribution in [-0.2, 0) is 9.53 Å². The van der Waals surface area contributed by atoms with Crippen molar-refractivity contribution in [3.8, 4) is 5.75 Å². The van der Waals surface area contributed by atoms with E-state index in [2.05, 4.69) is 21.2 Å². The Balaban J connectivity index is 2.70. The van der Waals surface area contributed by atoms with Crippen molar-refractivity contribution in [2.45, 2.75) is 26.1 Å². The van der Waals surface area contributed by atoms with Crippen LogP contribution in [0.3, 0.4) is 0 Å². The standard InChI is InChI=1S/C14H20BrNO4/c1-9(17)12-8-11(15)4-5-13(12)20-10(2)14(18)16-6-7-19-3/h4-5,8-10,17H,6-7H2,1-3H3,(H,16,18)/t9-,10?/m0/s1. The van der Waals surface area contributed by atoms with Crippen LogP contribution in [0.4, 0.5) is 0 Å². The predicted molar refractivity (Wildman–Crippen MR) is 79.8 cm³/mol. The lowest BCUT2D eigenvalue weighted by Gasteiger charge is -2.18. The van der Waals surface area contributed by atoms with Crippen LogP contribution in [-0.4, -0.2) is 37.4 Å². The highest BCUT2D eigenvalue weighted by atomic mass is 79.9. The Kier molecular flexibility index (Phi) is 6.98. The van der Waals surface area contributed by atoms with Crippen molar-refractivity contribution in [1.29, 1.82) is 0 Å². The molecule has 0 heterocycles. The maximum atomic E-state index is 11.8. The summed E-state index contributed by atoms with van der Waals surface area (Å²) >= 11 is 3.34. The zero-order valence-electron chi connectivity index (χ0n) is 11.9. The van der Waals surface area contributed by atoms with E-state index in [9.17, 15) is 9.90 Å². The van der Waals surface area contributed by atoms with Crippen molar-refractivity contribution < 1.29 is 19.4 Å². The molecule has 1 amide bonds. The van der Waals surface area contributed by atoms with Crippen LogP contribution < -0.4 is 10.1 Å². The summed E-state index contributed by atoms with van der Waals surface area (Å²) in [6.45, 7) is 4.20. The molecule has 2 atom stereocenters. The summed E-state index contributed by atoms with van der Waals surface area (Å²) in [5, 5.41) is 12.4. The molecule has 6 heteroatoms. The molecule has 0 saturated heterocycles. The maximum absolute atomic E-state index is 11.8. The van der Waals surface area contributed by atoms with Crippen LogP contribution in [0, 0.1) is 0 Å². The van der Waals surface area contributed by atoms with Gasteiger partial charge in [-0.2, -0.15) is 0 Å². The molecule has 0 aliphatic heterocycles. The number of hydrogen-bond acceptors (Lipinski definition) is 4. The number of carbonyl (C=O) groups excluding carboxylic acids is 1. The van der Waals surface area contributed by atoms with Crippen molar-refractivity contribution in [2.24, 2.45) is 0 Å². The van der Waals surface area contributed by atoms with Crippen LogP contribution in [0.1, 0.15) is 25.5 Å². The minimum atomic E-state index is -0.675. The Hall–Kier alpha value is -1.11. The fourth-order valence-corrected chi connectivity index (χ4v) is 2.00. The highest BCUT2D eigenvalue weighted by Gasteiger charge is 2.17.